The molecule has 194 valence electrons. The van der Waals surface area contributed by atoms with Gasteiger partial charge < -0.3 is 4.52 Å². The first-order valence-corrected chi connectivity index (χ1v) is 13.3. The number of hydrogen-bond acceptors (Lipinski definition) is 6. The molecular formula is C26H17F4N3O3S2. The molecule has 12 heteroatoms. The maximum atomic E-state index is 14.5. The fourth-order valence-electron chi connectivity index (χ4n) is 3.69. The van der Waals surface area contributed by atoms with Gasteiger partial charge in [-0.1, -0.05) is 47.6 Å². The molecule has 0 unspecified atom stereocenters. The van der Waals surface area contributed by atoms with Crippen LogP contribution in [0.3, 0.4) is 0 Å². The average Bonchev–Trinajstić information content (AvgIpc) is 3.60. The minimum Gasteiger partial charge on any atom is -0.364 e. The number of alkyl halides is 3. The lowest BCUT2D eigenvalue weighted by molar-refractivity contribution is -0.137. The van der Waals surface area contributed by atoms with E-state index in [9.17, 15) is 26.0 Å². The number of thiazole rings is 1. The Hall–Kier alpha value is -4.03. The highest BCUT2D eigenvalue weighted by Crippen LogP contribution is 2.37. The van der Waals surface area contributed by atoms with Crippen LogP contribution in [0.2, 0.25) is 0 Å². The molecule has 2 heterocycles. The number of benzene rings is 3. The van der Waals surface area contributed by atoms with E-state index in [0.29, 0.717) is 35.0 Å². The van der Waals surface area contributed by atoms with Gasteiger partial charge in [-0.05, 0) is 35.9 Å². The summed E-state index contributed by atoms with van der Waals surface area (Å²) in [5.41, 5.74) is 0.299. The fraction of sp³-hybridized carbons (Fsp3) is 0.0769. The molecule has 5 aromatic rings. The Bertz CT molecular complexity index is 1650. The molecule has 38 heavy (non-hydrogen) atoms. The van der Waals surface area contributed by atoms with Crippen molar-refractivity contribution in [2.75, 3.05) is 4.31 Å². The lowest BCUT2D eigenvalue weighted by Gasteiger charge is -2.22. The molecule has 0 bridgehead atoms. The summed E-state index contributed by atoms with van der Waals surface area (Å²) in [6, 6.07) is 18.4. The molecule has 0 radical (unpaired) electrons. The number of nitrogens with zero attached hydrogens (tertiary/aromatic N) is 3. The van der Waals surface area contributed by atoms with Gasteiger partial charge in [-0.15, -0.1) is 11.3 Å². The van der Waals surface area contributed by atoms with Gasteiger partial charge in [0.15, 0.2) is 5.13 Å². The molecule has 5 rings (SSSR count). The molecule has 0 fully saturated rings. The van der Waals surface area contributed by atoms with Crippen LogP contribution in [0.1, 0.15) is 11.1 Å². The Morgan fingerprint density at radius 1 is 0.921 bits per heavy atom. The Labute approximate surface area is 218 Å². The first kappa shape index (κ1) is 25.6. The second-order valence-electron chi connectivity index (χ2n) is 8.11. The van der Waals surface area contributed by atoms with E-state index in [1.54, 1.807) is 48.5 Å². The van der Waals surface area contributed by atoms with Crippen molar-refractivity contribution in [3.8, 4) is 22.5 Å². The van der Waals surface area contributed by atoms with Crippen LogP contribution in [0.25, 0.3) is 22.5 Å². The Kier molecular flexibility index (Phi) is 6.76. The summed E-state index contributed by atoms with van der Waals surface area (Å²) in [5.74, 6) is -0.907. The smallest absolute Gasteiger partial charge is 0.364 e. The summed E-state index contributed by atoms with van der Waals surface area (Å²) in [4.78, 5) is 4.21. The topological polar surface area (TPSA) is 76.3 Å². The third-order valence-corrected chi connectivity index (χ3v) is 8.35. The zero-order valence-electron chi connectivity index (χ0n) is 19.3. The Morgan fingerprint density at radius 3 is 2.32 bits per heavy atom. The van der Waals surface area contributed by atoms with E-state index >= 15 is 0 Å². The van der Waals surface area contributed by atoms with Gasteiger partial charge in [-0.3, -0.25) is 0 Å². The van der Waals surface area contributed by atoms with Crippen molar-refractivity contribution >= 4 is 26.5 Å². The maximum absolute atomic E-state index is 14.5. The van der Waals surface area contributed by atoms with Gasteiger partial charge in [0.25, 0.3) is 10.0 Å². The third-order valence-electron chi connectivity index (χ3n) is 5.62. The molecule has 0 saturated carbocycles. The summed E-state index contributed by atoms with van der Waals surface area (Å²) >= 11 is 0.882. The third kappa shape index (κ3) is 5.18. The lowest BCUT2D eigenvalue weighted by atomic mass is 10.1. The molecular weight excluding hydrogens is 542 g/mol. The normalized spacial score (nSPS) is 12.0. The van der Waals surface area contributed by atoms with Crippen molar-refractivity contribution in [2.24, 2.45) is 0 Å². The summed E-state index contributed by atoms with van der Waals surface area (Å²) in [6.07, 6.45) is -3.28. The Morgan fingerprint density at radius 2 is 1.66 bits per heavy atom. The van der Waals surface area contributed by atoms with Gasteiger partial charge in [0, 0.05) is 22.6 Å². The zero-order valence-corrected chi connectivity index (χ0v) is 20.9. The summed E-state index contributed by atoms with van der Waals surface area (Å²) < 4.78 is 87.6. The van der Waals surface area contributed by atoms with Crippen molar-refractivity contribution in [1.29, 1.82) is 0 Å². The highest BCUT2D eigenvalue weighted by Gasteiger charge is 2.32. The minimum absolute atomic E-state index is 0.0266. The molecule has 0 N–H and O–H groups in total. The van der Waals surface area contributed by atoms with Crippen molar-refractivity contribution < 1.29 is 30.5 Å². The van der Waals surface area contributed by atoms with E-state index < -0.39 is 27.6 Å². The monoisotopic (exact) mass is 559 g/mol. The molecule has 3 aromatic carbocycles. The number of anilines is 1. The van der Waals surface area contributed by atoms with Crippen LogP contribution in [-0.2, 0) is 22.7 Å². The van der Waals surface area contributed by atoms with E-state index in [0.717, 1.165) is 15.6 Å². The van der Waals surface area contributed by atoms with Crippen LogP contribution in [0.5, 0.6) is 0 Å². The van der Waals surface area contributed by atoms with E-state index in [-0.39, 0.29) is 27.8 Å². The molecule has 0 aliphatic heterocycles. The summed E-state index contributed by atoms with van der Waals surface area (Å²) in [7, 11) is -4.18. The largest absolute Gasteiger partial charge is 0.416 e. The first-order valence-electron chi connectivity index (χ1n) is 11.0. The van der Waals surface area contributed by atoms with E-state index in [4.69, 9.17) is 4.52 Å². The van der Waals surface area contributed by atoms with Crippen molar-refractivity contribution in [3.05, 3.63) is 107 Å². The van der Waals surface area contributed by atoms with Crippen LogP contribution < -0.4 is 4.31 Å². The number of halogens is 4. The van der Waals surface area contributed by atoms with Gasteiger partial charge in [0.1, 0.15) is 17.8 Å². The van der Waals surface area contributed by atoms with Crippen molar-refractivity contribution in [2.45, 2.75) is 17.6 Å². The van der Waals surface area contributed by atoms with Gasteiger partial charge in [0.2, 0.25) is 0 Å². The number of rotatable bonds is 7. The first-order chi connectivity index (χ1) is 18.1. The van der Waals surface area contributed by atoms with E-state index in [1.165, 1.54) is 23.8 Å². The molecule has 0 atom stereocenters. The van der Waals surface area contributed by atoms with Gasteiger partial charge in [-0.2, -0.15) is 13.2 Å². The molecule has 0 aliphatic carbocycles. The standard InChI is InChI=1S/C26H17F4N3O3S2/c27-22-11-8-19(26(28,29)30)14-21(22)24-16-37-25(31-24)33(15-17-4-2-1-3-5-17)38(34,35)20-9-6-18(7-10-20)23-12-13-36-32-23/h1-14,16H,15H2. The molecule has 0 saturated heterocycles. The van der Waals surface area contributed by atoms with Crippen molar-refractivity contribution in [3.63, 3.8) is 0 Å². The van der Waals surface area contributed by atoms with Crippen LogP contribution in [0.4, 0.5) is 22.7 Å². The highest BCUT2D eigenvalue weighted by molar-refractivity contribution is 7.93. The zero-order chi connectivity index (χ0) is 26.9. The maximum Gasteiger partial charge on any atom is 0.416 e. The summed E-state index contributed by atoms with van der Waals surface area (Å²) in [5, 5.41) is 5.13. The van der Waals surface area contributed by atoms with E-state index in [2.05, 4.69) is 10.1 Å². The van der Waals surface area contributed by atoms with Crippen molar-refractivity contribution in [1.82, 2.24) is 10.1 Å². The van der Waals surface area contributed by atoms with E-state index in [1.807, 2.05) is 0 Å². The van der Waals surface area contributed by atoms with Crippen LogP contribution in [-0.4, -0.2) is 18.6 Å². The van der Waals surface area contributed by atoms with Crippen LogP contribution in [0, 0.1) is 5.82 Å². The average molecular weight is 560 g/mol. The lowest BCUT2D eigenvalue weighted by Crippen LogP contribution is -2.30. The number of aromatic nitrogens is 2. The minimum atomic E-state index is -4.68. The highest BCUT2D eigenvalue weighted by atomic mass is 32.2. The second-order valence-corrected chi connectivity index (χ2v) is 10.8. The SMILES string of the molecule is O=S(=O)(c1ccc(-c2ccon2)cc1)N(Cc1ccccc1)c1nc(-c2cc(C(F)(F)F)ccc2F)cs1. The molecule has 0 spiro atoms. The molecule has 0 aliphatic rings. The van der Waals surface area contributed by atoms with Gasteiger partial charge >= 0.3 is 6.18 Å². The fourth-order valence-corrected chi connectivity index (χ4v) is 6.14. The quantitative estimate of drug-likeness (QED) is 0.200. The predicted molar refractivity (Wildman–Crippen MR) is 134 cm³/mol. The number of sulfonamides is 1. The second kappa shape index (κ2) is 10.0. The summed E-state index contributed by atoms with van der Waals surface area (Å²) in [6.45, 7) is -0.105. The molecule has 0 amide bonds. The van der Waals surface area contributed by atoms with Gasteiger partial charge in [-0.25, -0.2) is 22.1 Å². The Balaban J connectivity index is 1.55. The molecule has 2 aromatic heterocycles. The predicted octanol–water partition coefficient (Wildman–Crippen LogP) is 7.02. The van der Waals surface area contributed by atoms with Crippen LogP contribution >= 0.6 is 11.3 Å². The van der Waals surface area contributed by atoms with Crippen LogP contribution in [0.15, 0.2) is 99.9 Å². The van der Waals surface area contributed by atoms with Gasteiger partial charge in [0.05, 0.1) is 22.7 Å². The molecule has 6 nitrogen and oxygen atoms in total. The number of hydrogen-bond donors (Lipinski definition) is 0.